The van der Waals surface area contributed by atoms with Crippen molar-refractivity contribution in [3.63, 3.8) is 0 Å². The van der Waals surface area contributed by atoms with E-state index in [9.17, 15) is 0 Å². The third-order valence-corrected chi connectivity index (χ3v) is 4.56. The maximum absolute atomic E-state index is 5.71. The molecule has 2 N–H and O–H groups in total. The maximum atomic E-state index is 5.71. The summed E-state index contributed by atoms with van der Waals surface area (Å²) in [5, 5.41) is 1.99. The van der Waals surface area contributed by atoms with Crippen LogP contribution in [0.25, 0.3) is 11.0 Å². The Hall–Kier alpha value is -1.09. The summed E-state index contributed by atoms with van der Waals surface area (Å²) < 4.78 is 5.22. The molecule has 1 saturated heterocycles. The molecule has 2 aromatic rings. The molecule has 1 aliphatic rings. The van der Waals surface area contributed by atoms with Crippen LogP contribution in [0.3, 0.4) is 0 Å². The van der Waals surface area contributed by atoms with Crippen molar-refractivity contribution in [1.29, 1.82) is 0 Å². The van der Waals surface area contributed by atoms with Crippen LogP contribution in [0.5, 0.6) is 0 Å². The second-order valence-electron chi connectivity index (χ2n) is 4.70. The summed E-state index contributed by atoms with van der Waals surface area (Å²) in [4.78, 5) is 0. The molecular formula is C17H27NOS. The molecule has 1 unspecified atom stereocenters. The SMILES string of the molecule is CC.CC1CCCS1.CCc1ccc2occ(N)c2c1. The van der Waals surface area contributed by atoms with Gasteiger partial charge in [-0.1, -0.05) is 33.8 Å². The molecule has 0 aliphatic carbocycles. The molecule has 0 saturated carbocycles. The molecule has 1 atom stereocenters. The van der Waals surface area contributed by atoms with Crippen molar-refractivity contribution in [2.24, 2.45) is 0 Å². The molecule has 0 spiro atoms. The quantitative estimate of drug-likeness (QED) is 0.754. The minimum atomic E-state index is 0.723. The van der Waals surface area contributed by atoms with E-state index in [1.165, 1.54) is 24.2 Å². The van der Waals surface area contributed by atoms with Crippen LogP contribution in [-0.4, -0.2) is 11.0 Å². The standard InChI is InChI=1S/C10H11NO.C5H10S.C2H6/c1-2-7-3-4-10-8(5-7)9(11)6-12-10;1-5-3-2-4-6-5;1-2/h3-6H,2,11H2,1H3;5H,2-4H2,1H3;1-2H3. The second kappa shape index (κ2) is 8.96. The highest BCUT2D eigenvalue weighted by molar-refractivity contribution is 8.00. The van der Waals surface area contributed by atoms with E-state index >= 15 is 0 Å². The van der Waals surface area contributed by atoms with Gasteiger partial charge in [0.05, 0.1) is 5.69 Å². The third-order valence-electron chi connectivity index (χ3n) is 3.23. The summed E-state index contributed by atoms with van der Waals surface area (Å²) >= 11 is 2.10. The fraction of sp³-hybridized carbons (Fsp3) is 0.529. The summed E-state index contributed by atoms with van der Waals surface area (Å²) in [6.07, 6.45) is 5.52. The molecule has 0 bridgehead atoms. The number of hydrogen-bond acceptors (Lipinski definition) is 3. The van der Waals surface area contributed by atoms with Crippen LogP contribution in [0.4, 0.5) is 5.69 Å². The number of nitrogens with two attached hydrogens (primary N) is 1. The summed E-state index contributed by atoms with van der Waals surface area (Å²) in [6.45, 7) is 8.43. The molecule has 112 valence electrons. The molecule has 2 nitrogen and oxygen atoms in total. The fourth-order valence-electron chi connectivity index (χ4n) is 2.05. The Kier molecular flexibility index (Phi) is 7.60. The van der Waals surface area contributed by atoms with Crippen LogP contribution in [0.2, 0.25) is 0 Å². The maximum Gasteiger partial charge on any atom is 0.136 e. The molecule has 1 aromatic carbocycles. The lowest BCUT2D eigenvalue weighted by molar-refractivity contribution is 0.617. The highest BCUT2D eigenvalue weighted by Gasteiger charge is 2.07. The number of fused-ring (bicyclic) bond motifs is 1. The number of furan rings is 1. The van der Waals surface area contributed by atoms with E-state index in [-0.39, 0.29) is 0 Å². The summed E-state index contributed by atoms with van der Waals surface area (Å²) in [6, 6.07) is 6.10. The van der Waals surface area contributed by atoms with Gasteiger partial charge in [-0.2, -0.15) is 11.8 Å². The lowest BCUT2D eigenvalue weighted by Crippen LogP contribution is -1.82. The highest BCUT2D eigenvalue weighted by atomic mass is 32.2. The Morgan fingerprint density at radius 1 is 1.35 bits per heavy atom. The van der Waals surface area contributed by atoms with Crippen molar-refractivity contribution >= 4 is 28.4 Å². The lowest BCUT2D eigenvalue weighted by Gasteiger charge is -1.95. The normalized spacial score (nSPS) is 17.1. The second-order valence-corrected chi connectivity index (χ2v) is 6.25. The van der Waals surface area contributed by atoms with Crippen molar-refractivity contribution in [3.8, 4) is 0 Å². The highest BCUT2D eigenvalue weighted by Crippen LogP contribution is 2.25. The van der Waals surface area contributed by atoms with Gasteiger partial charge >= 0.3 is 0 Å². The zero-order valence-electron chi connectivity index (χ0n) is 13.1. The first kappa shape index (κ1) is 17.0. The molecule has 1 aromatic heterocycles. The molecule has 3 heteroatoms. The Morgan fingerprint density at radius 3 is 2.60 bits per heavy atom. The van der Waals surface area contributed by atoms with E-state index < -0.39 is 0 Å². The molecular weight excluding hydrogens is 266 g/mol. The van der Waals surface area contributed by atoms with Gasteiger partial charge in [-0.15, -0.1) is 0 Å². The van der Waals surface area contributed by atoms with E-state index in [0.717, 1.165) is 28.3 Å². The molecule has 0 radical (unpaired) electrons. The van der Waals surface area contributed by atoms with Crippen molar-refractivity contribution in [1.82, 2.24) is 0 Å². The van der Waals surface area contributed by atoms with E-state index in [4.69, 9.17) is 10.2 Å². The predicted molar refractivity (Wildman–Crippen MR) is 92.5 cm³/mol. The van der Waals surface area contributed by atoms with Gasteiger partial charge in [-0.3, -0.25) is 0 Å². The van der Waals surface area contributed by atoms with Crippen LogP contribution in [0.15, 0.2) is 28.9 Å². The van der Waals surface area contributed by atoms with Crippen LogP contribution >= 0.6 is 11.8 Å². The average molecular weight is 293 g/mol. The van der Waals surface area contributed by atoms with Crippen molar-refractivity contribution < 1.29 is 4.42 Å². The van der Waals surface area contributed by atoms with Crippen molar-refractivity contribution in [2.75, 3.05) is 11.5 Å². The topological polar surface area (TPSA) is 39.2 Å². The molecule has 2 heterocycles. The third kappa shape index (κ3) is 4.78. The monoisotopic (exact) mass is 293 g/mol. The van der Waals surface area contributed by atoms with E-state index in [1.54, 1.807) is 6.26 Å². The molecule has 1 fully saturated rings. The molecule has 3 rings (SSSR count). The van der Waals surface area contributed by atoms with Gasteiger partial charge in [0, 0.05) is 10.6 Å². The Bertz CT molecular complexity index is 501. The van der Waals surface area contributed by atoms with Crippen molar-refractivity contribution in [3.05, 3.63) is 30.0 Å². The largest absolute Gasteiger partial charge is 0.462 e. The van der Waals surface area contributed by atoms with E-state index in [2.05, 4.69) is 37.7 Å². The first-order valence-electron chi connectivity index (χ1n) is 7.58. The Morgan fingerprint density at radius 2 is 2.10 bits per heavy atom. The van der Waals surface area contributed by atoms with E-state index in [0.29, 0.717) is 0 Å². The minimum absolute atomic E-state index is 0.723. The number of benzene rings is 1. The Labute approximate surface area is 127 Å². The number of rotatable bonds is 1. The molecule has 20 heavy (non-hydrogen) atoms. The smallest absolute Gasteiger partial charge is 0.136 e. The number of anilines is 1. The number of hydrogen-bond donors (Lipinski definition) is 1. The van der Waals surface area contributed by atoms with Gasteiger partial charge in [0.2, 0.25) is 0 Å². The molecule has 0 amide bonds. The zero-order chi connectivity index (χ0) is 15.0. The zero-order valence-corrected chi connectivity index (χ0v) is 13.9. The molecule has 1 aliphatic heterocycles. The van der Waals surface area contributed by atoms with Crippen LogP contribution in [-0.2, 0) is 6.42 Å². The number of nitrogen functional groups attached to an aromatic ring is 1. The first-order valence-corrected chi connectivity index (χ1v) is 8.62. The number of thioether (sulfide) groups is 1. The fourth-order valence-corrected chi connectivity index (χ4v) is 3.12. The Balaban J connectivity index is 0.000000211. The number of aryl methyl sites for hydroxylation is 1. The summed E-state index contributed by atoms with van der Waals surface area (Å²) in [7, 11) is 0. The average Bonchev–Trinajstić information content (AvgIpc) is 3.11. The van der Waals surface area contributed by atoms with Crippen LogP contribution in [0, 0.1) is 0 Å². The predicted octanol–water partition coefficient (Wildman–Crippen LogP) is 5.51. The van der Waals surface area contributed by atoms with Crippen molar-refractivity contribution in [2.45, 2.75) is 52.2 Å². The van der Waals surface area contributed by atoms with Crippen LogP contribution in [0.1, 0.15) is 46.1 Å². The van der Waals surface area contributed by atoms with Crippen LogP contribution < -0.4 is 5.73 Å². The van der Waals surface area contributed by atoms with Gasteiger partial charge in [-0.05, 0) is 42.7 Å². The van der Waals surface area contributed by atoms with Gasteiger partial charge in [0.15, 0.2) is 0 Å². The van der Waals surface area contributed by atoms with Gasteiger partial charge in [-0.25, -0.2) is 0 Å². The lowest BCUT2D eigenvalue weighted by atomic mass is 10.1. The van der Waals surface area contributed by atoms with E-state index in [1.807, 2.05) is 19.9 Å². The first-order chi connectivity index (χ1) is 9.70. The minimum Gasteiger partial charge on any atom is -0.462 e. The summed E-state index contributed by atoms with van der Waals surface area (Å²) in [5.74, 6) is 1.40. The van der Waals surface area contributed by atoms with Gasteiger partial charge in [0.1, 0.15) is 11.8 Å². The summed E-state index contributed by atoms with van der Waals surface area (Å²) in [5.41, 5.74) is 8.58. The van der Waals surface area contributed by atoms with Gasteiger partial charge in [0.25, 0.3) is 0 Å². The van der Waals surface area contributed by atoms with Gasteiger partial charge < -0.3 is 10.2 Å².